The van der Waals surface area contributed by atoms with E-state index in [1.165, 1.54) is 12.0 Å². The fourth-order valence-corrected chi connectivity index (χ4v) is 2.40. The quantitative estimate of drug-likeness (QED) is 0.694. The van der Waals surface area contributed by atoms with Crippen molar-refractivity contribution in [1.82, 2.24) is 5.43 Å². The molecule has 120 valence electrons. The van der Waals surface area contributed by atoms with Crippen LogP contribution < -0.4 is 10.3 Å². The van der Waals surface area contributed by atoms with E-state index >= 15 is 0 Å². The highest BCUT2D eigenvalue weighted by atomic mass is 16.5. The number of benzene rings is 1. The molecule has 1 saturated heterocycles. The van der Waals surface area contributed by atoms with Gasteiger partial charge in [-0.1, -0.05) is 12.1 Å². The van der Waals surface area contributed by atoms with Gasteiger partial charge in [-0.2, -0.15) is 5.10 Å². The Labute approximate surface area is 134 Å². The van der Waals surface area contributed by atoms with E-state index in [1.807, 2.05) is 19.1 Å². The molecule has 1 aliphatic heterocycles. The number of hydrazone groups is 1. The summed E-state index contributed by atoms with van der Waals surface area (Å²) < 4.78 is 10.4. The van der Waals surface area contributed by atoms with Gasteiger partial charge >= 0.3 is 5.91 Å². The SMILES string of the molecule is C/C(=N/NC(=O)c1ccco1)c1ccc(N2CCOCC2)cc1. The zero-order chi connectivity index (χ0) is 16.1. The molecule has 0 aliphatic carbocycles. The number of anilines is 1. The van der Waals surface area contributed by atoms with E-state index in [1.54, 1.807) is 12.1 Å². The molecule has 1 amide bonds. The molecule has 1 aromatic heterocycles. The predicted molar refractivity (Wildman–Crippen MR) is 87.9 cm³/mol. The average Bonchev–Trinajstić information content (AvgIpc) is 3.15. The molecule has 6 nitrogen and oxygen atoms in total. The number of amides is 1. The fourth-order valence-electron chi connectivity index (χ4n) is 2.40. The van der Waals surface area contributed by atoms with E-state index in [2.05, 4.69) is 27.6 Å². The van der Waals surface area contributed by atoms with E-state index in [4.69, 9.17) is 9.15 Å². The number of hydrogen-bond donors (Lipinski definition) is 1. The first kappa shape index (κ1) is 15.3. The lowest BCUT2D eigenvalue weighted by Gasteiger charge is -2.28. The van der Waals surface area contributed by atoms with Gasteiger partial charge in [-0.15, -0.1) is 0 Å². The highest BCUT2D eigenvalue weighted by molar-refractivity contribution is 6.00. The summed E-state index contributed by atoms with van der Waals surface area (Å²) in [4.78, 5) is 14.1. The van der Waals surface area contributed by atoms with Crippen LogP contribution in [0.5, 0.6) is 0 Å². The lowest BCUT2D eigenvalue weighted by molar-refractivity contribution is 0.0927. The molecule has 2 heterocycles. The second-order valence-corrected chi connectivity index (χ2v) is 5.26. The second kappa shape index (κ2) is 7.11. The van der Waals surface area contributed by atoms with Gasteiger partial charge in [0.25, 0.3) is 0 Å². The van der Waals surface area contributed by atoms with Crippen LogP contribution in [0.1, 0.15) is 23.0 Å². The van der Waals surface area contributed by atoms with Crippen molar-refractivity contribution in [3.63, 3.8) is 0 Å². The smallest absolute Gasteiger partial charge is 0.307 e. The molecule has 0 spiro atoms. The van der Waals surface area contributed by atoms with Gasteiger partial charge < -0.3 is 14.1 Å². The summed E-state index contributed by atoms with van der Waals surface area (Å²) in [7, 11) is 0. The van der Waals surface area contributed by atoms with Crippen molar-refractivity contribution < 1.29 is 13.9 Å². The van der Waals surface area contributed by atoms with Gasteiger partial charge in [0.15, 0.2) is 5.76 Å². The number of carbonyl (C=O) groups is 1. The molecule has 0 radical (unpaired) electrons. The van der Waals surface area contributed by atoms with Crippen LogP contribution >= 0.6 is 0 Å². The van der Waals surface area contributed by atoms with Crippen molar-refractivity contribution in [2.45, 2.75) is 6.92 Å². The molecule has 0 saturated carbocycles. The van der Waals surface area contributed by atoms with Crippen molar-refractivity contribution in [3.8, 4) is 0 Å². The molecule has 3 rings (SSSR count). The topological polar surface area (TPSA) is 67.1 Å². The van der Waals surface area contributed by atoms with E-state index in [0.717, 1.165) is 37.6 Å². The number of nitrogens with one attached hydrogen (secondary N) is 1. The predicted octanol–water partition coefficient (Wildman–Crippen LogP) is 2.27. The maximum absolute atomic E-state index is 11.8. The Balaban J connectivity index is 1.63. The third-order valence-electron chi connectivity index (χ3n) is 3.73. The number of hydrogen-bond acceptors (Lipinski definition) is 5. The standard InChI is InChI=1S/C17H19N3O3/c1-13(18-19-17(21)16-3-2-10-23-16)14-4-6-15(7-5-14)20-8-11-22-12-9-20/h2-7,10H,8-9,11-12H2,1H3,(H,19,21)/b18-13-. The van der Waals surface area contributed by atoms with Gasteiger partial charge in [-0.25, -0.2) is 5.43 Å². The van der Waals surface area contributed by atoms with Gasteiger partial charge in [-0.05, 0) is 36.8 Å². The number of morpholine rings is 1. The van der Waals surface area contributed by atoms with Crippen molar-refractivity contribution in [3.05, 3.63) is 54.0 Å². The minimum Gasteiger partial charge on any atom is -0.459 e. The Morgan fingerprint density at radius 3 is 2.57 bits per heavy atom. The Kier molecular flexibility index (Phi) is 4.73. The minimum absolute atomic E-state index is 0.240. The van der Waals surface area contributed by atoms with Crippen LogP contribution in [0.2, 0.25) is 0 Å². The molecule has 1 fully saturated rings. The largest absolute Gasteiger partial charge is 0.459 e. The first-order valence-electron chi connectivity index (χ1n) is 7.55. The molecule has 1 aliphatic rings. The highest BCUT2D eigenvalue weighted by Crippen LogP contribution is 2.17. The monoisotopic (exact) mass is 313 g/mol. The summed E-state index contributed by atoms with van der Waals surface area (Å²) in [6.07, 6.45) is 1.45. The lowest BCUT2D eigenvalue weighted by Crippen LogP contribution is -2.36. The summed E-state index contributed by atoms with van der Waals surface area (Å²) in [6, 6.07) is 11.4. The normalized spacial score (nSPS) is 15.5. The Bertz CT molecular complexity index is 672. The average molecular weight is 313 g/mol. The molecule has 2 aromatic rings. The van der Waals surface area contributed by atoms with Gasteiger partial charge in [0.1, 0.15) is 0 Å². The molecule has 23 heavy (non-hydrogen) atoms. The fraction of sp³-hybridized carbons (Fsp3) is 0.294. The molecular formula is C17H19N3O3. The molecule has 6 heteroatoms. The number of carbonyl (C=O) groups excluding carboxylic acids is 1. The summed E-state index contributed by atoms with van der Waals surface area (Å²) in [5, 5.41) is 4.12. The summed E-state index contributed by atoms with van der Waals surface area (Å²) in [5.74, 6) is -0.122. The van der Waals surface area contributed by atoms with E-state index < -0.39 is 0 Å². The Hall–Kier alpha value is -2.60. The second-order valence-electron chi connectivity index (χ2n) is 5.26. The first-order valence-corrected chi connectivity index (χ1v) is 7.55. The third kappa shape index (κ3) is 3.78. The van der Waals surface area contributed by atoms with E-state index in [9.17, 15) is 4.79 Å². The molecule has 0 bridgehead atoms. The van der Waals surface area contributed by atoms with Crippen LogP contribution in [0.15, 0.2) is 52.2 Å². The van der Waals surface area contributed by atoms with Crippen LogP contribution in [0.25, 0.3) is 0 Å². The number of furan rings is 1. The summed E-state index contributed by atoms with van der Waals surface area (Å²) >= 11 is 0. The molecular weight excluding hydrogens is 294 g/mol. The van der Waals surface area contributed by atoms with Gasteiger partial charge in [0.05, 0.1) is 25.2 Å². The van der Waals surface area contributed by atoms with E-state index in [0.29, 0.717) is 0 Å². The number of nitrogens with zero attached hydrogens (tertiary/aromatic N) is 2. The molecule has 1 aromatic carbocycles. The van der Waals surface area contributed by atoms with Crippen LogP contribution in [-0.4, -0.2) is 37.9 Å². The van der Waals surface area contributed by atoms with Gasteiger partial charge in [-0.3, -0.25) is 4.79 Å². The van der Waals surface area contributed by atoms with Crippen LogP contribution in [-0.2, 0) is 4.74 Å². The molecule has 0 unspecified atom stereocenters. The summed E-state index contributed by atoms with van der Waals surface area (Å²) in [6.45, 7) is 5.20. The summed E-state index contributed by atoms with van der Waals surface area (Å²) in [5.41, 5.74) is 5.36. The Morgan fingerprint density at radius 2 is 1.91 bits per heavy atom. The third-order valence-corrected chi connectivity index (χ3v) is 3.73. The zero-order valence-corrected chi connectivity index (χ0v) is 13.0. The number of ether oxygens (including phenoxy) is 1. The van der Waals surface area contributed by atoms with Gasteiger partial charge in [0.2, 0.25) is 0 Å². The first-order chi connectivity index (χ1) is 11.2. The van der Waals surface area contributed by atoms with Crippen molar-refractivity contribution >= 4 is 17.3 Å². The van der Waals surface area contributed by atoms with Crippen molar-refractivity contribution in [2.75, 3.05) is 31.2 Å². The lowest BCUT2D eigenvalue weighted by atomic mass is 10.1. The maximum Gasteiger partial charge on any atom is 0.307 e. The van der Waals surface area contributed by atoms with Crippen molar-refractivity contribution in [2.24, 2.45) is 5.10 Å². The Morgan fingerprint density at radius 1 is 1.17 bits per heavy atom. The van der Waals surface area contributed by atoms with Crippen LogP contribution in [0, 0.1) is 0 Å². The van der Waals surface area contributed by atoms with E-state index in [-0.39, 0.29) is 11.7 Å². The minimum atomic E-state index is -0.362. The maximum atomic E-state index is 11.8. The van der Waals surface area contributed by atoms with Crippen LogP contribution in [0.3, 0.4) is 0 Å². The van der Waals surface area contributed by atoms with Crippen molar-refractivity contribution in [1.29, 1.82) is 0 Å². The van der Waals surface area contributed by atoms with Gasteiger partial charge in [0, 0.05) is 18.8 Å². The zero-order valence-electron chi connectivity index (χ0n) is 13.0. The molecule has 0 atom stereocenters. The number of rotatable bonds is 4. The molecule has 1 N–H and O–H groups in total. The van der Waals surface area contributed by atoms with Crippen LogP contribution in [0.4, 0.5) is 5.69 Å². The highest BCUT2D eigenvalue weighted by Gasteiger charge is 2.11.